The highest BCUT2D eigenvalue weighted by atomic mass is 79.9. The maximum atomic E-state index is 5.60. The van der Waals surface area contributed by atoms with Crippen molar-refractivity contribution >= 4 is 146 Å². The van der Waals surface area contributed by atoms with Gasteiger partial charge in [-0.3, -0.25) is 0 Å². The lowest BCUT2D eigenvalue weighted by molar-refractivity contribution is 1.18. The Hall–Kier alpha value is -17.5. The van der Waals surface area contributed by atoms with Crippen LogP contribution in [0.1, 0.15) is 22.3 Å². The van der Waals surface area contributed by atoms with Crippen LogP contribution in [-0.4, -0.2) is 17.5 Å². The number of nitrogen functional groups attached to an aromatic ring is 1. The zero-order valence-corrected chi connectivity index (χ0v) is 81.1. The second-order valence-corrected chi connectivity index (χ2v) is 36.5. The molecule has 0 amide bonds. The number of anilines is 11. The minimum absolute atomic E-state index is 0. The Morgan fingerprint density at radius 3 is 0.593 bits per heavy atom. The van der Waals surface area contributed by atoms with Crippen molar-refractivity contribution in [3.63, 3.8) is 0 Å². The molecule has 0 fully saturated rings. The molecule has 0 aliphatic carbocycles. The molecule has 24 aromatic rings. The van der Waals surface area contributed by atoms with Crippen LogP contribution in [0.2, 0.25) is 0 Å². The normalized spacial score (nSPS) is 10.6. The van der Waals surface area contributed by atoms with Gasteiger partial charge in [0.2, 0.25) is 0 Å². The third-order valence-electron chi connectivity index (χ3n) is 25.6. The van der Waals surface area contributed by atoms with Gasteiger partial charge >= 0.3 is 0 Å². The summed E-state index contributed by atoms with van der Waals surface area (Å²) in [6.07, 6.45) is 0. The second-order valence-electron chi connectivity index (χ2n) is 34.7. The highest BCUT2D eigenvalue weighted by molar-refractivity contribution is 9.10. The van der Waals surface area contributed by atoms with Gasteiger partial charge in [-0.1, -0.05) is 412 Å². The topological polar surface area (TPSA) is 66.4 Å². The number of halogens is 2. The number of nitrogens with two attached hydrogens (primary N) is 1. The number of aromatic nitrogens is 2. The first-order chi connectivity index (χ1) is 69.6. The molecule has 0 spiro atoms. The minimum atomic E-state index is 0. The van der Waals surface area contributed by atoms with Gasteiger partial charge in [-0.05, 0) is 295 Å². The van der Waals surface area contributed by atoms with E-state index < -0.39 is 0 Å². The van der Waals surface area contributed by atoms with E-state index in [1.165, 1.54) is 122 Å². The maximum Gasteiger partial charge on any atom is 0.0542 e. The zero-order chi connectivity index (χ0) is 95.0. The van der Waals surface area contributed by atoms with Crippen molar-refractivity contribution in [1.29, 1.82) is 0 Å². The van der Waals surface area contributed by atoms with E-state index in [0.29, 0.717) is 0 Å². The van der Waals surface area contributed by atoms with Gasteiger partial charge in [-0.15, -0.1) is 0 Å². The van der Waals surface area contributed by atoms with E-state index in [1.807, 2.05) is 54.6 Å². The minimum Gasteiger partial charge on any atom is -0.399 e. The molecule has 0 bridgehead atoms. The summed E-state index contributed by atoms with van der Waals surface area (Å²) in [7, 11) is 0. The lowest BCUT2D eigenvalue weighted by Gasteiger charge is -2.27. The van der Waals surface area contributed by atoms with Crippen LogP contribution in [0, 0.1) is 0 Å². The summed E-state index contributed by atoms with van der Waals surface area (Å²) in [6.45, 7) is 0. The summed E-state index contributed by atoms with van der Waals surface area (Å²) in [6, 6.07) is 200. The van der Waals surface area contributed by atoms with Crippen LogP contribution in [0.4, 0.5) is 62.6 Å². The molecular weight excluding hydrogens is 1890 g/mol. The first-order valence-electron chi connectivity index (χ1n) is 47.4. The standard InChI is InChI=1S/C72H50N4.C36H28N2.C12H8Br2.C12H11N.3CH4.B/c1-5-17-51(18-6-1)53-29-37-59(38-30-53)73(63-45-47-71-67(49-63)65-25-13-15-27-69(65)75(71)57-21-9-3-10-22-57)61-41-33-55(34-42-61)56-35-43-62(44-36-56)74(60-39-31-54(32-40-60)52-19-7-2-8-20-52)64-46-48-72-68(50-64)66-26-14-16-28-70(66)76(72)58-23-11-4-12-24-58;1-3-7-27(8-4-1)29-11-19-33(20-12-29)37-35-23-15-31(16-24-35)32-17-25-36(26-18-32)38-34-21-13-30(14-22-34)28-9-5-2-6-10-28;13-11-5-1-9(2-6-11)10-3-7-12(14)8-4-10;13-12-8-6-11(7-9-12)10-4-2-1-3-5-10;;;;/h1-50H;1-26,37-38H;1-8H;1-9H,13H2;3*1H4;. The molecule has 0 saturated carbocycles. The molecule has 0 aliphatic heterocycles. The first kappa shape index (κ1) is 99.0. The predicted octanol–water partition coefficient (Wildman–Crippen LogP) is 39.3. The fourth-order valence-electron chi connectivity index (χ4n) is 18.4. The fraction of sp³-hybridized carbons (Fsp3) is 0.0222. The van der Waals surface area contributed by atoms with Crippen molar-refractivity contribution in [3.8, 4) is 100 Å². The number of fused-ring (bicyclic) bond motifs is 6. The number of hydrogen-bond acceptors (Lipinski definition) is 5. The van der Waals surface area contributed by atoms with Crippen molar-refractivity contribution in [1.82, 2.24) is 9.13 Å². The molecule has 22 aromatic carbocycles. The van der Waals surface area contributed by atoms with Crippen LogP contribution in [0.3, 0.4) is 0 Å². The summed E-state index contributed by atoms with van der Waals surface area (Å²) in [5.41, 5.74) is 43.4. The molecule has 0 unspecified atom stereocenters. The summed E-state index contributed by atoms with van der Waals surface area (Å²) < 4.78 is 6.97. The van der Waals surface area contributed by atoms with Crippen LogP contribution in [-0.2, 0) is 0 Å². The average Bonchev–Trinajstić information content (AvgIpc) is 1.61. The van der Waals surface area contributed by atoms with Gasteiger partial charge in [0.15, 0.2) is 0 Å². The predicted molar refractivity (Wildman–Crippen MR) is 633 cm³/mol. The molecule has 701 valence electrons. The maximum absolute atomic E-state index is 5.60. The van der Waals surface area contributed by atoms with E-state index in [-0.39, 0.29) is 30.7 Å². The first-order valence-corrected chi connectivity index (χ1v) is 49.0. The summed E-state index contributed by atoms with van der Waals surface area (Å²) in [5.74, 6) is 0. The van der Waals surface area contributed by atoms with E-state index in [4.69, 9.17) is 5.73 Å². The number of nitrogens with zero attached hydrogens (tertiary/aromatic N) is 4. The van der Waals surface area contributed by atoms with Gasteiger partial charge in [0.1, 0.15) is 0 Å². The Kier molecular flexibility index (Phi) is 31.9. The molecule has 2 aromatic heterocycles. The molecule has 145 heavy (non-hydrogen) atoms. The monoisotopic (exact) mass is 2000 g/mol. The van der Waals surface area contributed by atoms with Crippen LogP contribution >= 0.6 is 31.9 Å². The van der Waals surface area contributed by atoms with Crippen molar-refractivity contribution < 1.29 is 0 Å². The zero-order valence-electron chi connectivity index (χ0n) is 77.9. The van der Waals surface area contributed by atoms with Crippen LogP contribution in [0.5, 0.6) is 0 Å². The van der Waals surface area contributed by atoms with Crippen molar-refractivity contribution in [2.75, 3.05) is 26.2 Å². The van der Waals surface area contributed by atoms with Crippen molar-refractivity contribution in [2.24, 2.45) is 0 Å². The van der Waals surface area contributed by atoms with E-state index in [0.717, 1.165) is 94.0 Å². The Balaban J connectivity index is 0.000000171. The highest BCUT2D eigenvalue weighted by Gasteiger charge is 2.22. The second kappa shape index (κ2) is 46.7. The van der Waals surface area contributed by atoms with Gasteiger partial charge in [-0.25, -0.2) is 0 Å². The van der Waals surface area contributed by atoms with E-state index in [9.17, 15) is 0 Å². The lowest BCUT2D eigenvalue weighted by atomic mass is 10.0. The SMILES string of the molecule is Brc1ccc(-c2ccc(Br)cc2)cc1.C.C.C.Nc1ccc(-c2ccccc2)cc1.[B].c1ccc(-c2ccc(N(c3ccc(-c4ccc(N(c5ccc(-c6ccccc6)cc5)c5ccc6c(c5)c5ccccc5n6-c5ccccc5)cc4)cc3)c3ccc4c(c3)c3ccccc3n4-c3ccccc3)cc2)cc1.c1ccc(-c2ccc(Nc3ccc(-c4ccc(Nc5ccc(-c6ccccc6)cc5)cc4)cc3)cc2)cc1. The Morgan fingerprint density at radius 2 is 0.352 bits per heavy atom. The largest absolute Gasteiger partial charge is 0.399 e. The van der Waals surface area contributed by atoms with Crippen LogP contribution < -0.4 is 26.2 Å². The highest BCUT2D eigenvalue weighted by Crippen LogP contribution is 2.45. The number of hydrogen-bond donors (Lipinski definition) is 3. The quantitative estimate of drug-likeness (QED) is 0.0524. The van der Waals surface area contributed by atoms with Crippen LogP contribution in [0.25, 0.3) is 144 Å². The third-order valence-corrected chi connectivity index (χ3v) is 26.7. The molecule has 24 rings (SSSR count). The summed E-state index contributed by atoms with van der Waals surface area (Å²) >= 11 is 6.84. The molecule has 2 heterocycles. The molecular formula is C135H109BBr2N7. The Labute approximate surface area is 870 Å². The number of rotatable bonds is 20. The third kappa shape index (κ3) is 22.9. The number of para-hydroxylation sites is 4. The molecule has 0 saturated heterocycles. The summed E-state index contributed by atoms with van der Waals surface area (Å²) in [4.78, 5) is 4.76. The van der Waals surface area contributed by atoms with Crippen LogP contribution in [0.15, 0.2) is 573 Å². The smallest absolute Gasteiger partial charge is 0.0542 e. The molecule has 7 nitrogen and oxygen atoms in total. The van der Waals surface area contributed by atoms with E-state index in [2.05, 4.69) is 571 Å². The molecule has 3 radical (unpaired) electrons. The van der Waals surface area contributed by atoms with Gasteiger partial charge in [-0.2, -0.15) is 0 Å². The Morgan fingerprint density at radius 1 is 0.172 bits per heavy atom. The van der Waals surface area contributed by atoms with E-state index >= 15 is 0 Å². The van der Waals surface area contributed by atoms with Crippen molar-refractivity contribution in [3.05, 3.63) is 573 Å². The molecule has 10 heteroatoms. The van der Waals surface area contributed by atoms with Gasteiger partial charge < -0.3 is 35.3 Å². The molecule has 0 atom stereocenters. The van der Waals surface area contributed by atoms with Crippen molar-refractivity contribution in [2.45, 2.75) is 22.3 Å². The number of benzene rings is 22. The fourth-order valence-corrected chi connectivity index (χ4v) is 19.0. The van der Waals surface area contributed by atoms with Gasteiger partial charge in [0.05, 0.1) is 22.1 Å². The van der Waals surface area contributed by atoms with Gasteiger partial charge in [0, 0.05) is 113 Å². The van der Waals surface area contributed by atoms with E-state index in [1.54, 1.807) is 0 Å². The lowest BCUT2D eigenvalue weighted by Crippen LogP contribution is -2.10. The average molecular weight is 2000 g/mol. The molecule has 4 N–H and O–H groups in total. The molecule has 0 aliphatic rings. The summed E-state index contributed by atoms with van der Waals surface area (Å²) in [5, 5.41) is 11.9. The Bertz CT molecular complexity index is 7830. The number of nitrogens with one attached hydrogen (secondary N) is 2. The van der Waals surface area contributed by atoms with Gasteiger partial charge in [0.25, 0.3) is 0 Å².